The van der Waals surface area contributed by atoms with E-state index in [1.54, 1.807) is 7.11 Å². The Morgan fingerprint density at radius 1 is 1.33 bits per heavy atom. The largest absolute Gasteiger partial charge is 0.377 e. The molecule has 1 saturated carbocycles. The van der Waals surface area contributed by atoms with Crippen molar-refractivity contribution in [2.45, 2.75) is 24.7 Å². The van der Waals surface area contributed by atoms with Gasteiger partial charge in [-0.1, -0.05) is 36.8 Å². The lowest BCUT2D eigenvalue weighted by Gasteiger charge is -2.40. The van der Waals surface area contributed by atoms with Gasteiger partial charge in [0.25, 0.3) is 0 Å². The minimum Gasteiger partial charge on any atom is -0.377 e. The van der Waals surface area contributed by atoms with Crippen LogP contribution >= 0.6 is 0 Å². The standard InChI is InChI=1S/C13H16O2/c1-15-10-12(14)13(8-5-9-13)11-6-3-2-4-7-11/h2-4,6-7H,5,8-10H2,1H3. The first-order chi connectivity index (χ1) is 7.29. The molecule has 0 aliphatic heterocycles. The summed E-state index contributed by atoms with van der Waals surface area (Å²) >= 11 is 0. The smallest absolute Gasteiger partial charge is 0.168 e. The first-order valence-corrected chi connectivity index (χ1v) is 5.37. The van der Waals surface area contributed by atoms with Gasteiger partial charge in [-0.25, -0.2) is 0 Å². The SMILES string of the molecule is COCC(=O)C1(c2ccccc2)CCC1. The summed E-state index contributed by atoms with van der Waals surface area (Å²) in [4.78, 5) is 12.0. The summed E-state index contributed by atoms with van der Waals surface area (Å²) in [6.45, 7) is 0.231. The van der Waals surface area contributed by atoms with Crippen LogP contribution in [-0.2, 0) is 14.9 Å². The van der Waals surface area contributed by atoms with Crippen LogP contribution in [0.1, 0.15) is 24.8 Å². The number of rotatable bonds is 4. The molecular weight excluding hydrogens is 188 g/mol. The van der Waals surface area contributed by atoms with Gasteiger partial charge in [0.15, 0.2) is 5.78 Å². The maximum Gasteiger partial charge on any atom is 0.168 e. The van der Waals surface area contributed by atoms with E-state index in [9.17, 15) is 4.79 Å². The molecule has 0 aromatic heterocycles. The van der Waals surface area contributed by atoms with Gasteiger partial charge in [0, 0.05) is 7.11 Å². The van der Waals surface area contributed by atoms with Crippen LogP contribution in [0.4, 0.5) is 0 Å². The Hall–Kier alpha value is -1.15. The van der Waals surface area contributed by atoms with Crippen LogP contribution in [0.15, 0.2) is 30.3 Å². The first kappa shape index (κ1) is 10.4. The third-order valence-corrected chi connectivity index (χ3v) is 3.34. The third kappa shape index (κ3) is 1.70. The van der Waals surface area contributed by atoms with E-state index in [4.69, 9.17) is 4.74 Å². The third-order valence-electron chi connectivity index (χ3n) is 3.34. The van der Waals surface area contributed by atoms with Gasteiger partial charge in [-0.3, -0.25) is 4.79 Å². The molecule has 0 spiro atoms. The highest BCUT2D eigenvalue weighted by molar-refractivity contribution is 5.92. The molecule has 80 valence electrons. The molecule has 0 unspecified atom stereocenters. The molecule has 0 radical (unpaired) electrons. The molecule has 2 nitrogen and oxygen atoms in total. The summed E-state index contributed by atoms with van der Waals surface area (Å²) in [5.74, 6) is 0.224. The molecule has 0 heterocycles. The van der Waals surface area contributed by atoms with Gasteiger partial charge in [0.1, 0.15) is 6.61 Å². The van der Waals surface area contributed by atoms with Crippen molar-refractivity contribution < 1.29 is 9.53 Å². The Morgan fingerprint density at radius 3 is 2.47 bits per heavy atom. The Bertz CT molecular complexity index is 339. The lowest BCUT2D eigenvalue weighted by atomic mass is 9.62. The predicted molar refractivity (Wildman–Crippen MR) is 58.9 cm³/mol. The molecule has 1 fully saturated rings. The van der Waals surface area contributed by atoms with E-state index >= 15 is 0 Å². The fraction of sp³-hybridized carbons (Fsp3) is 0.462. The van der Waals surface area contributed by atoms with Crippen LogP contribution in [0, 0.1) is 0 Å². The molecule has 0 bridgehead atoms. The quantitative estimate of drug-likeness (QED) is 0.752. The second kappa shape index (κ2) is 4.15. The zero-order valence-electron chi connectivity index (χ0n) is 9.03. The van der Waals surface area contributed by atoms with Gasteiger partial charge in [0.2, 0.25) is 0 Å². The number of hydrogen-bond donors (Lipinski definition) is 0. The van der Waals surface area contributed by atoms with Crippen LogP contribution in [0.5, 0.6) is 0 Å². The number of benzene rings is 1. The Balaban J connectivity index is 2.26. The summed E-state index contributed by atoms with van der Waals surface area (Å²) in [5, 5.41) is 0. The minimum atomic E-state index is -0.239. The number of Topliss-reactive ketones (excluding diaryl/α,β-unsaturated/α-hetero) is 1. The molecule has 2 rings (SSSR count). The normalized spacial score (nSPS) is 18.2. The van der Waals surface area contributed by atoms with Gasteiger partial charge < -0.3 is 4.74 Å². The summed E-state index contributed by atoms with van der Waals surface area (Å²) in [6.07, 6.45) is 3.09. The van der Waals surface area contributed by atoms with Crippen molar-refractivity contribution in [1.82, 2.24) is 0 Å². The van der Waals surface area contributed by atoms with Crippen LogP contribution in [0.3, 0.4) is 0 Å². The Morgan fingerprint density at radius 2 is 2.00 bits per heavy atom. The lowest BCUT2D eigenvalue weighted by Crippen LogP contribution is -2.44. The second-order valence-electron chi connectivity index (χ2n) is 4.16. The lowest BCUT2D eigenvalue weighted by molar-refractivity contribution is -0.131. The van der Waals surface area contributed by atoms with Crippen molar-refractivity contribution in [3.63, 3.8) is 0 Å². The molecule has 0 amide bonds. The predicted octanol–water partition coefficient (Wildman–Crippen LogP) is 2.32. The maximum absolute atomic E-state index is 12.0. The second-order valence-corrected chi connectivity index (χ2v) is 4.16. The summed E-state index contributed by atoms with van der Waals surface area (Å²) in [5.41, 5.74) is 0.912. The van der Waals surface area contributed by atoms with Crippen LogP contribution < -0.4 is 0 Å². The van der Waals surface area contributed by atoms with Gasteiger partial charge in [-0.15, -0.1) is 0 Å². The van der Waals surface area contributed by atoms with Crippen LogP contribution in [0.25, 0.3) is 0 Å². The van der Waals surface area contributed by atoms with Crippen molar-refractivity contribution in [3.8, 4) is 0 Å². The van der Waals surface area contributed by atoms with E-state index in [0.717, 1.165) is 24.8 Å². The van der Waals surface area contributed by atoms with Crippen molar-refractivity contribution in [1.29, 1.82) is 0 Å². The average Bonchev–Trinajstić information content (AvgIpc) is 2.18. The van der Waals surface area contributed by atoms with E-state index in [0.29, 0.717) is 0 Å². The van der Waals surface area contributed by atoms with Crippen molar-refractivity contribution in [2.24, 2.45) is 0 Å². The highest BCUT2D eigenvalue weighted by atomic mass is 16.5. The number of carbonyl (C=O) groups is 1. The van der Waals surface area contributed by atoms with Crippen molar-refractivity contribution in [2.75, 3.05) is 13.7 Å². The number of ether oxygens (including phenoxy) is 1. The Labute approximate surface area is 90.3 Å². The fourth-order valence-corrected chi connectivity index (χ4v) is 2.29. The minimum absolute atomic E-state index is 0.224. The highest BCUT2D eigenvalue weighted by Crippen LogP contribution is 2.44. The highest BCUT2D eigenvalue weighted by Gasteiger charge is 2.44. The zero-order chi connectivity index (χ0) is 10.7. The van der Waals surface area contributed by atoms with Crippen molar-refractivity contribution in [3.05, 3.63) is 35.9 Å². The number of carbonyl (C=O) groups excluding carboxylic acids is 1. The first-order valence-electron chi connectivity index (χ1n) is 5.37. The summed E-state index contributed by atoms with van der Waals surface area (Å²) in [7, 11) is 1.58. The van der Waals surface area contributed by atoms with E-state index in [2.05, 4.69) is 0 Å². The molecule has 1 aromatic carbocycles. The topological polar surface area (TPSA) is 26.3 Å². The number of ketones is 1. The van der Waals surface area contributed by atoms with Crippen LogP contribution in [-0.4, -0.2) is 19.5 Å². The average molecular weight is 204 g/mol. The molecular formula is C13H16O2. The van der Waals surface area contributed by atoms with E-state index in [-0.39, 0.29) is 17.8 Å². The molecule has 1 aliphatic rings. The zero-order valence-corrected chi connectivity index (χ0v) is 9.03. The van der Waals surface area contributed by atoms with Gasteiger partial charge in [0.05, 0.1) is 5.41 Å². The molecule has 0 N–H and O–H groups in total. The number of hydrogen-bond acceptors (Lipinski definition) is 2. The molecule has 1 aromatic rings. The van der Waals surface area contributed by atoms with Gasteiger partial charge in [-0.05, 0) is 18.4 Å². The molecule has 0 saturated heterocycles. The summed E-state index contributed by atoms with van der Waals surface area (Å²) in [6, 6.07) is 10.1. The van der Waals surface area contributed by atoms with E-state index < -0.39 is 0 Å². The maximum atomic E-state index is 12.0. The van der Waals surface area contributed by atoms with Gasteiger partial charge >= 0.3 is 0 Å². The fourth-order valence-electron chi connectivity index (χ4n) is 2.29. The molecule has 15 heavy (non-hydrogen) atoms. The molecule has 1 aliphatic carbocycles. The molecule has 2 heteroatoms. The van der Waals surface area contributed by atoms with Crippen LogP contribution in [0.2, 0.25) is 0 Å². The monoisotopic (exact) mass is 204 g/mol. The van der Waals surface area contributed by atoms with Gasteiger partial charge in [-0.2, -0.15) is 0 Å². The van der Waals surface area contributed by atoms with E-state index in [1.807, 2.05) is 30.3 Å². The number of methoxy groups -OCH3 is 1. The summed E-state index contributed by atoms with van der Waals surface area (Å²) < 4.78 is 4.96. The van der Waals surface area contributed by atoms with Crippen molar-refractivity contribution >= 4 is 5.78 Å². The van der Waals surface area contributed by atoms with E-state index in [1.165, 1.54) is 0 Å². The molecule has 0 atom stereocenters. The Kier molecular flexibility index (Phi) is 2.87.